The molecule has 3 aliphatic rings. The highest BCUT2D eigenvalue weighted by atomic mass is 16.6. The van der Waals surface area contributed by atoms with Gasteiger partial charge in [0.1, 0.15) is 5.60 Å². The normalized spacial score (nSPS) is 49.3. The summed E-state index contributed by atoms with van der Waals surface area (Å²) < 4.78 is 5.85. The minimum Gasteiger partial charge on any atom is -0.481 e. The molecule has 23 heavy (non-hydrogen) atoms. The summed E-state index contributed by atoms with van der Waals surface area (Å²) in [5.74, 6) is -0.0456. The molecule has 0 radical (unpaired) electrons. The van der Waals surface area contributed by atoms with Crippen LogP contribution >= 0.6 is 0 Å². The van der Waals surface area contributed by atoms with Crippen LogP contribution in [0.3, 0.4) is 0 Å². The van der Waals surface area contributed by atoms with E-state index in [1.54, 1.807) is 0 Å². The van der Waals surface area contributed by atoms with Crippen molar-refractivity contribution >= 4 is 5.97 Å². The summed E-state index contributed by atoms with van der Waals surface area (Å²) in [6.45, 7) is 14.6. The largest absolute Gasteiger partial charge is 0.481 e. The topological polar surface area (TPSA) is 49.8 Å². The molecule has 0 unspecified atom stereocenters. The van der Waals surface area contributed by atoms with Gasteiger partial charge in [0.15, 0.2) is 0 Å². The molecule has 3 rings (SSSR count). The number of allylic oxidation sites excluding steroid dienone is 1. The Morgan fingerprint density at radius 3 is 2.65 bits per heavy atom. The molecule has 2 aliphatic carbocycles. The molecular formula is C20H30O3. The second-order valence-corrected chi connectivity index (χ2v) is 8.61. The third kappa shape index (κ3) is 2.39. The Morgan fingerprint density at radius 1 is 1.39 bits per heavy atom. The van der Waals surface area contributed by atoms with Crippen molar-refractivity contribution in [3.8, 4) is 0 Å². The molecule has 1 aliphatic heterocycles. The zero-order valence-corrected chi connectivity index (χ0v) is 14.7. The van der Waals surface area contributed by atoms with E-state index in [4.69, 9.17) is 4.74 Å². The Bertz CT molecular complexity index is 553. The molecule has 1 N–H and O–H groups in total. The van der Waals surface area contributed by atoms with Gasteiger partial charge in [-0.25, -0.2) is 0 Å². The lowest BCUT2D eigenvalue weighted by Crippen LogP contribution is -2.53. The van der Waals surface area contributed by atoms with E-state index in [1.807, 2.05) is 13.0 Å². The number of carboxylic acids is 1. The van der Waals surface area contributed by atoms with Crippen LogP contribution in [-0.2, 0) is 9.53 Å². The molecule has 1 saturated heterocycles. The molecule has 3 nitrogen and oxygen atoms in total. The molecule has 0 aromatic heterocycles. The Hall–Kier alpha value is -1.09. The van der Waals surface area contributed by atoms with Crippen LogP contribution in [0, 0.1) is 22.7 Å². The van der Waals surface area contributed by atoms with Gasteiger partial charge in [0, 0.05) is 0 Å². The fourth-order valence-electron chi connectivity index (χ4n) is 5.59. The Morgan fingerprint density at radius 2 is 2.09 bits per heavy atom. The summed E-state index contributed by atoms with van der Waals surface area (Å²) in [7, 11) is 0. The third-order valence-electron chi connectivity index (χ3n) is 7.34. The molecule has 0 aromatic rings. The van der Waals surface area contributed by atoms with Crippen molar-refractivity contribution in [2.75, 3.05) is 0 Å². The SMILES string of the molecule is C=C[C@@]1(C)O[C@H]1C[C@H]1C(=C)CC[C@@H]2[C@]1(C)CCC[C@]2(C)C(=O)O. The Kier molecular flexibility index (Phi) is 3.79. The lowest BCUT2D eigenvalue weighted by molar-refractivity contribution is -0.164. The van der Waals surface area contributed by atoms with Crippen molar-refractivity contribution in [3.05, 3.63) is 24.8 Å². The highest BCUT2D eigenvalue weighted by Crippen LogP contribution is 2.63. The molecule has 1 heterocycles. The molecule has 3 fully saturated rings. The van der Waals surface area contributed by atoms with Gasteiger partial charge in [0.2, 0.25) is 0 Å². The first kappa shape index (κ1) is 16.8. The highest BCUT2D eigenvalue weighted by Gasteiger charge is 2.60. The summed E-state index contributed by atoms with van der Waals surface area (Å²) in [4.78, 5) is 12.0. The zero-order chi connectivity index (χ0) is 17.0. The van der Waals surface area contributed by atoms with Crippen LogP contribution in [0.5, 0.6) is 0 Å². The number of ether oxygens (including phenoxy) is 1. The monoisotopic (exact) mass is 318 g/mol. The van der Waals surface area contributed by atoms with Gasteiger partial charge in [-0.3, -0.25) is 4.79 Å². The number of epoxide rings is 1. The van der Waals surface area contributed by atoms with Crippen molar-refractivity contribution in [1.82, 2.24) is 0 Å². The van der Waals surface area contributed by atoms with Gasteiger partial charge < -0.3 is 9.84 Å². The molecule has 6 atom stereocenters. The van der Waals surface area contributed by atoms with E-state index in [0.29, 0.717) is 5.92 Å². The summed E-state index contributed by atoms with van der Waals surface area (Å²) >= 11 is 0. The van der Waals surface area contributed by atoms with E-state index in [0.717, 1.165) is 38.5 Å². The van der Waals surface area contributed by atoms with E-state index >= 15 is 0 Å². The van der Waals surface area contributed by atoms with Crippen LogP contribution in [0.1, 0.15) is 59.3 Å². The van der Waals surface area contributed by atoms with Crippen LogP contribution in [0.15, 0.2) is 24.8 Å². The Labute approximate surface area is 139 Å². The van der Waals surface area contributed by atoms with Crippen molar-refractivity contribution < 1.29 is 14.6 Å². The lowest BCUT2D eigenvalue weighted by Gasteiger charge is -2.57. The minimum absolute atomic E-state index is 0.0226. The molecule has 0 bridgehead atoms. The number of carbonyl (C=O) groups is 1. The van der Waals surface area contributed by atoms with E-state index in [2.05, 4.69) is 27.0 Å². The van der Waals surface area contributed by atoms with Gasteiger partial charge in [0.25, 0.3) is 0 Å². The average molecular weight is 318 g/mol. The summed E-state index contributed by atoms with van der Waals surface area (Å²) in [6, 6.07) is 0. The van der Waals surface area contributed by atoms with Crippen molar-refractivity contribution in [3.63, 3.8) is 0 Å². The quantitative estimate of drug-likeness (QED) is 0.609. The standard InChI is InChI=1S/C20H30O3/c1-6-20(5)16(23-20)12-14-13(2)8-9-15-18(14,3)10-7-11-19(15,4)17(21)22/h6,14-16H,1-2,7-12H2,3-5H3,(H,21,22)/t14-,15+,16-,18+,19-,20+/m0/s1. The van der Waals surface area contributed by atoms with Crippen LogP contribution in [0.4, 0.5) is 0 Å². The maximum Gasteiger partial charge on any atom is 0.309 e. The molecule has 0 amide bonds. The van der Waals surface area contributed by atoms with Crippen molar-refractivity contribution in [2.24, 2.45) is 22.7 Å². The van der Waals surface area contributed by atoms with Crippen LogP contribution in [0.2, 0.25) is 0 Å². The smallest absolute Gasteiger partial charge is 0.309 e. The number of rotatable bonds is 4. The van der Waals surface area contributed by atoms with Gasteiger partial charge in [0.05, 0.1) is 11.5 Å². The average Bonchev–Trinajstić information content (AvgIpc) is 3.14. The number of hydrogen-bond acceptors (Lipinski definition) is 2. The van der Waals surface area contributed by atoms with Gasteiger partial charge in [-0.15, -0.1) is 6.58 Å². The van der Waals surface area contributed by atoms with Gasteiger partial charge in [-0.1, -0.05) is 31.6 Å². The number of hydrogen-bond donors (Lipinski definition) is 1. The second-order valence-electron chi connectivity index (χ2n) is 8.61. The number of fused-ring (bicyclic) bond motifs is 1. The van der Waals surface area contributed by atoms with Gasteiger partial charge >= 0.3 is 5.97 Å². The number of carboxylic acid groups (broad SMARTS) is 1. The fraction of sp³-hybridized carbons (Fsp3) is 0.750. The summed E-state index contributed by atoms with van der Waals surface area (Å²) in [5, 5.41) is 9.86. The minimum atomic E-state index is -0.627. The van der Waals surface area contributed by atoms with Crippen LogP contribution < -0.4 is 0 Å². The van der Waals surface area contributed by atoms with E-state index < -0.39 is 11.4 Å². The second kappa shape index (κ2) is 5.20. The molecule has 0 aromatic carbocycles. The third-order valence-corrected chi connectivity index (χ3v) is 7.34. The van der Waals surface area contributed by atoms with Gasteiger partial charge in [-0.2, -0.15) is 0 Å². The first-order chi connectivity index (χ1) is 10.7. The van der Waals surface area contributed by atoms with E-state index in [1.165, 1.54) is 5.57 Å². The molecular weight excluding hydrogens is 288 g/mol. The maximum atomic E-state index is 12.0. The zero-order valence-electron chi connectivity index (χ0n) is 14.7. The molecule has 3 heteroatoms. The summed E-state index contributed by atoms with van der Waals surface area (Å²) in [6.07, 6.45) is 7.84. The van der Waals surface area contributed by atoms with Crippen LogP contribution in [-0.4, -0.2) is 22.8 Å². The van der Waals surface area contributed by atoms with Crippen LogP contribution in [0.25, 0.3) is 0 Å². The Balaban J connectivity index is 1.89. The predicted octanol–water partition coefficient (Wildman–Crippen LogP) is 4.58. The van der Waals surface area contributed by atoms with Crippen molar-refractivity contribution in [1.29, 1.82) is 0 Å². The first-order valence-electron chi connectivity index (χ1n) is 8.90. The maximum absolute atomic E-state index is 12.0. The highest BCUT2D eigenvalue weighted by molar-refractivity contribution is 5.75. The van der Waals surface area contributed by atoms with Gasteiger partial charge in [-0.05, 0) is 63.2 Å². The first-order valence-corrected chi connectivity index (χ1v) is 8.90. The summed E-state index contributed by atoms with van der Waals surface area (Å²) in [5.41, 5.74) is 0.515. The lowest BCUT2D eigenvalue weighted by atomic mass is 9.46. The number of aliphatic carboxylic acids is 1. The molecule has 0 spiro atoms. The fourth-order valence-corrected chi connectivity index (χ4v) is 5.59. The van der Waals surface area contributed by atoms with E-state index in [-0.39, 0.29) is 23.0 Å². The van der Waals surface area contributed by atoms with E-state index in [9.17, 15) is 9.90 Å². The molecule has 2 saturated carbocycles. The van der Waals surface area contributed by atoms with Crippen molar-refractivity contribution in [2.45, 2.75) is 71.0 Å². The predicted molar refractivity (Wildman–Crippen MR) is 91.1 cm³/mol. The molecule has 128 valence electrons.